The monoisotopic (exact) mass is 316 g/mol. The lowest BCUT2D eigenvalue weighted by Gasteiger charge is -2.05. The van der Waals surface area contributed by atoms with Crippen molar-refractivity contribution in [3.8, 4) is 0 Å². The molecule has 5 nitrogen and oxygen atoms in total. The Morgan fingerprint density at radius 1 is 1.13 bits per heavy atom. The molecule has 0 bridgehead atoms. The van der Waals surface area contributed by atoms with Gasteiger partial charge in [0, 0.05) is 18.5 Å². The van der Waals surface area contributed by atoms with E-state index in [4.69, 9.17) is 0 Å². The first kappa shape index (κ1) is 15.0. The van der Waals surface area contributed by atoms with Crippen LogP contribution in [0, 0.1) is 11.6 Å². The van der Waals surface area contributed by atoms with Crippen molar-refractivity contribution < 1.29 is 13.6 Å². The number of carbonyl (C=O) groups excluding carboxylic acids is 1. The van der Waals surface area contributed by atoms with Gasteiger partial charge in [-0.3, -0.25) is 10.4 Å². The van der Waals surface area contributed by atoms with Crippen LogP contribution >= 0.6 is 0 Å². The van der Waals surface area contributed by atoms with Gasteiger partial charge in [0.05, 0.1) is 5.52 Å². The fraction of sp³-hybridized carbons (Fsp3) is 0.125. The van der Waals surface area contributed by atoms with Crippen LogP contribution < -0.4 is 10.6 Å². The third kappa shape index (κ3) is 3.28. The van der Waals surface area contributed by atoms with E-state index in [1.807, 2.05) is 18.2 Å². The maximum atomic E-state index is 13.3. The van der Waals surface area contributed by atoms with Crippen molar-refractivity contribution in [1.29, 1.82) is 0 Å². The first-order valence-corrected chi connectivity index (χ1v) is 6.96. The Kier molecular flexibility index (Phi) is 3.92. The molecule has 7 heteroatoms. The lowest BCUT2D eigenvalue weighted by Crippen LogP contribution is -2.24. The molecule has 0 aliphatic heterocycles. The second-order valence-corrected chi connectivity index (χ2v) is 5.11. The smallest absolute Gasteiger partial charge is 0.320 e. The number of carbonyl (C=O) groups is 1. The zero-order valence-corrected chi connectivity index (χ0v) is 12.3. The molecule has 0 spiro atoms. The molecule has 118 valence electrons. The zero-order chi connectivity index (χ0) is 16.4. The molecule has 0 unspecified atom stereocenters. The molecular formula is C16H14F2N4O. The van der Waals surface area contributed by atoms with Gasteiger partial charge in [-0.1, -0.05) is 6.07 Å². The van der Waals surface area contributed by atoms with E-state index in [0.717, 1.165) is 22.5 Å². The molecule has 2 aromatic carbocycles. The first-order valence-electron chi connectivity index (χ1n) is 6.96. The van der Waals surface area contributed by atoms with Crippen LogP contribution in [0.25, 0.3) is 10.9 Å². The van der Waals surface area contributed by atoms with Crippen LogP contribution in [0.1, 0.15) is 11.1 Å². The highest BCUT2D eigenvalue weighted by Gasteiger charge is 2.10. The number of hydrogen-bond donors (Lipinski definition) is 3. The average molecular weight is 316 g/mol. The van der Waals surface area contributed by atoms with E-state index in [1.165, 1.54) is 19.2 Å². The van der Waals surface area contributed by atoms with Crippen molar-refractivity contribution in [1.82, 2.24) is 15.5 Å². The van der Waals surface area contributed by atoms with Gasteiger partial charge in [0.1, 0.15) is 11.6 Å². The molecule has 3 rings (SSSR count). The van der Waals surface area contributed by atoms with Gasteiger partial charge in [0.25, 0.3) is 0 Å². The first-order chi connectivity index (χ1) is 11.0. The summed E-state index contributed by atoms with van der Waals surface area (Å²) in [7, 11) is 1.51. The van der Waals surface area contributed by atoms with Crippen LogP contribution in [-0.4, -0.2) is 23.3 Å². The molecule has 0 aliphatic carbocycles. The van der Waals surface area contributed by atoms with Gasteiger partial charge in [-0.15, -0.1) is 0 Å². The highest BCUT2D eigenvalue weighted by atomic mass is 19.1. The van der Waals surface area contributed by atoms with Gasteiger partial charge < -0.3 is 5.32 Å². The molecule has 3 N–H and O–H groups in total. The lowest BCUT2D eigenvalue weighted by molar-refractivity contribution is 0.254. The number of aromatic amines is 1. The molecule has 3 aromatic rings. The second-order valence-electron chi connectivity index (χ2n) is 5.11. The molecule has 0 saturated carbocycles. The Balaban J connectivity index is 1.92. The molecular weight excluding hydrogens is 302 g/mol. The van der Waals surface area contributed by atoms with Crippen molar-refractivity contribution in [3.63, 3.8) is 0 Å². The van der Waals surface area contributed by atoms with Crippen molar-refractivity contribution in [2.75, 3.05) is 12.4 Å². The van der Waals surface area contributed by atoms with Gasteiger partial charge in [-0.25, -0.2) is 13.6 Å². The van der Waals surface area contributed by atoms with Crippen LogP contribution in [0.3, 0.4) is 0 Å². The molecule has 0 fully saturated rings. The van der Waals surface area contributed by atoms with Gasteiger partial charge in [0.2, 0.25) is 0 Å². The maximum absolute atomic E-state index is 13.3. The Labute approximate surface area is 130 Å². The zero-order valence-electron chi connectivity index (χ0n) is 12.3. The van der Waals surface area contributed by atoms with Crippen LogP contribution in [-0.2, 0) is 6.42 Å². The lowest BCUT2D eigenvalue weighted by atomic mass is 10.0. The minimum Gasteiger partial charge on any atom is -0.341 e. The topological polar surface area (TPSA) is 69.8 Å². The summed E-state index contributed by atoms with van der Waals surface area (Å²) >= 11 is 0. The fourth-order valence-electron chi connectivity index (χ4n) is 2.39. The van der Waals surface area contributed by atoms with Crippen molar-refractivity contribution in [2.45, 2.75) is 6.42 Å². The van der Waals surface area contributed by atoms with Crippen LogP contribution in [0.5, 0.6) is 0 Å². The van der Waals surface area contributed by atoms with Gasteiger partial charge in [-0.05, 0) is 41.8 Å². The number of aromatic nitrogens is 2. The van der Waals surface area contributed by atoms with Crippen LogP contribution in [0.2, 0.25) is 0 Å². The number of amides is 2. The van der Waals surface area contributed by atoms with Crippen molar-refractivity contribution in [2.24, 2.45) is 0 Å². The van der Waals surface area contributed by atoms with Gasteiger partial charge in [0.15, 0.2) is 5.82 Å². The number of anilines is 1. The SMILES string of the molecule is CNC(=O)Nc1n[nH]c2ccc(Cc3cc(F)cc(F)c3)cc12. The minimum absolute atomic E-state index is 0.370. The van der Waals surface area contributed by atoms with E-state index in [2.05, 4.69) is 20.8 Å². The molecule has 23 heavy (non-hydrogen) atoms. The van der Waals surface area contributed by atoms with Crippen LogP contribution in [0.4, 0.5) is 19.4 Å². The summed E-state index contributed by atoms with van der Waals surface area (Å²) in [6.45, 7) is 0. The molecule has 1 aromatic heterocycles. The highest BCUT2D eigenvalue weighted by molar-refractivity contribution is 5.99. The quantitative estimate of drug-likeness (QED) is 0.694. The summed E-state index contributed by atoms with van der Waals surface area (Å²) in [5.74, 6) is -0.815. The van der Waals surface area contributed by atoms with E-state index in [0.29, 0.717) is 17.8 Å². The number of halogens is 2. The standard InChI is InChI=1S/C16H14F2N4O/c1-19-16(23)20-15-13-7-9(2-3-14(13)21-22-15)4-10-5-11(17)8-12(18)6-10/h2-3,5-8H,4H2,1H3,(H3,19,20,21,22,23). The summed E-state index contributed by atoms with van der Waals surface area (Å²) in [6, 6.07) is 8.53. The molecule has 2 amide bonds. The van der Waals surface area contributed by atoms with E-state index in [-0.39, 0.29) is 6.03 Å². The predicted octanol–water partition coefficient (Wildman–Crippen LogP) is 3.18. The number of H-pyrrole nitrogens is 1. The molecule has 0 aliphatic rings. The number of nitrogens with one attached hydrogen (secondary N) is 3. The molecule has 0 saturated heterocycles. The third-order valence-corrected chi connectivity index (χ3v) is 3.42. The van der Waals surface area contributed by atoms with Gasteiger partial charge in [-0.2, -0.15) is 5.10 Å². The Morgan fingerprint density at radius 2 is 1.87 bits per heavy atom. The van der Waals surface area contributed by atoms with E-state index in [1.54, 1.807) is 0 Å². The number of urea groups is 1. The number of nitrogens with zero attached hydrogens (tertiary/aromatic N) is 1. The van der Waals surface area contributed by atoms with E-state index in [9.17, 15) is 13.6 Å². The second kappa shape index (κ2) is 6.04. The van der Waals surface area contributed by atoms with E-state index < -0.39 is 11.6 Å². The maximum Gasteiger partial charge on any atom is 0.320 e. The minimum atomic E-state index is -0.605. The largest absolute Gasteiger partial charge is 0.341 e. The summed E-state index contributed by atoms with van der Waals surface area (Å²) in [6.07, 6.45) is 0.370. The van der Waals surface area contributed by atoms with Gasteiger partial charge >= 0.3 is 6.03 Å². The Morgan fingerprint density at radius 3 is 2.57 bits per heavy atom. The summed E-state index contributed by atoms with van der Waals surface area (Å²) in [4.78, 5) is 11.4. The number of rotatable bonds is 3. The third-order valence-electron chi connectivity index (χ3n) is 3.42. The number of hydrogen-bond acceptors (Lipinski definition) is 2. The summed E-state index contributed by atoms with van der Waals surface area (Å²) in [5.41, 5.74) is 2.14. The van der Waals surface area contributed by atoms with Crippen molar-refractivity contribution >= 4 is 22.8 Å². The van der Waals surface area contributed by atoms with E-state index >= 15 is 0 Å². The highest BCUT2D eigenvalue weighted by Crippen LogP contribution is 2.23. The molecule has 0 radical (unpaired) electrons. The van der Waals surface area contributed by atoms with Crippen LogP contribution in [0.15, 0.2) is 36.4 Å². The predicted molar refractivity (Wildman–Crippen MR) is 83.3 cm³/mol. The molecule has 0 atom stereocenters. The average Bonchev–Trinajstić information content (AvgIpc) is 2.88. The summed E-state index contributed by atoms with van der Waals surface area (Å²) in [5, 5.41) is 12.6. The number of fused-ring (bicyclic) bond motifs is 1. The molecule has 1 heterocycles. The van der Waals surface area contributed by atoms with Crippen molar-refractivity contribution in [3.05, 3.63) is 59.2 Å². The normalized spacial score (nSPS) is 10.7. The summed E-state index contributed by atoms with van der Waals surface area (Å²) < 4.78 is 26.5. The number of benzene rings is 2. The Bertz CT molecular complexity index is 855. The Hall–Kier alpha value is -2.96. The fourth-order valence-corrected chi connectivity index (χ4v) is 2.39.